The molecule has 0 saturated heterocycles. The Bertz CT molecular complexity index is 859. The van der Waals surface area contributed by atoms with Crippen molar-refractivity contribution in [3.63, 3.8) is 0 Å². The fraction of sp³-hybridized carbons (Fsp3) is 0.286. The van der Waals surface area contributed by atoms with Gasteiger partial charge >= 0.3 is 159 Å². The molecule has 2 aromatic heterocycles. The molecule has 0 aliphatic rings. The summed E-state index contributed by atoms with van der Waals surface area (Å²) < 4.78 is 1.42. The molecule has 136 valence electrons. The molecule has 0 radical (unpaired) electrons. The zero-order chi connectivity index (χ0) is 18.8. The van der Waals surface area contributed by atoms with E-state index >= 15 is 0 Å². The Labute approximate surface area is 165 Å². The van der Waals surface area contributed by atoms with Crippen molar-refractivity contribution in [2.75, 3.05) is 4.93 Å². The van der Waals surface area contributed by atoms with Crippen LogP contribution in [0.2, 0.25) is 0 Å². The van der Waals surface area contributed by atoms with Crippen molar-refractivity contribution in [1.29, 1.82) is 0 Å². The van der Waals surface area contributed by atoms with Crippen molar-refractivity contribution in [3.05, 3.63) is 76.1 Å². The van der Waals surface area contributed by atoms with Crippen LogP contribution in [0.3, 0.4) is 0 Å². The number of halogens is 1. The molecule has 3 aromatic rings. The molecular formula is C21H23IN3O-. The topological polar surface area (TPSA) is 58.9 Å². The van der Waals surface area contributed by atoms with Crippen molar-refractivity contribution in [3.8, 4) is 11.1 Å². The Hall–Kier alpha value is -1.86. The number of aromatic nitrogens is 3. The normalized spacial score (nSPS) is 14.2. The number of pyridine rings is 1. The third kappa shape index (κ3) is 3.50. The van der Waals surface area contributed by atoms with Gasteiger partial charge in [-0.05, 0) is 0 Å². The Morgan fingerprint density at radius 1 is 0.846 bits per heavy atom. The maximum atomic E-state index is 11.6. The standard InChI is InChI=1S/C21H23IN3O/c1-20(2,3)21(26,17-12-23-14-24-13-17)19-10-7-16(11-25-19)15-5-8-18(22-4)9-6-15/h5-14,26H,1-4H3/q-1. The van der Waals surface area contributed by atoms with E-state index in [0.717, 1.165) is 11.1 Å². The second-order valence-electron chi connectivity index (χ2n) is 7.22. The predicted octanol–water partition coefficient (Wildman–Crippen LogP) is 0.709. The minimum atomic E-state index is -1.27. The zero-order valence-corrected chi connectivity index (χ0v) is 17.6. The second-order valence-corrected chi connectivity index (χ2v) is 9.54. The quantitative estimate of drug-likeness (QED) is 0.461. The third-order valence-electron chi connectivity index (χ3n) is 4.59. The van der Waals surface area contributed by atoms with Crippen LogP contribution in [0.4, 0.5) is 0 Å². The molecule has 0 saturated carbocycles. The van der Waals surface area contributed by atoms with Crippen LogP contribution in [-0.4, -0.2) is 25.0 Å². The van der Waals surface area contributed by atoms with Crippen LogP contribution in [0.1, 0.15) is 32.0 Å². The van der Waals surface area contributed by atoms with Crippen LogP contribution in [0, 0.1) is 8.99 Å². The van der Waals surface area contributed by atoms with Gasteiger partial charge in [0.05, 0.1) is 0 Å². The average Bonchev–Trinajstić information content (AvgIpc) is 2.67. The first kappa shape index (κ1) is 18.9. The van der Waals surface area contributed by atoms with Gasteiger partial charge in [0, 0.05) is 0 Å². The van der Waals surface area contributed by atoms with E-state index in [1.807, 2.05) is 39.1 Å². The molecular weight excluding hydrogens is 437 g/mol. The summed E-state index contributed by atoms with van der Waals surface area (Å²) in [6.07, 6.45) is 6.60. The van der Waals surface area contributed by atoms with Crippen LogP contribution in [-0.2, 0) is 5.60 Å². The first-order valence-electron chi connectivity index (χ1n) is 8.40. The third-order valence-corrected chi connectivity index (χ3v) is 6.56. The van der Waals surface area contributed by atoms with Crippen molar-refractivity contribution in [2.24, 2.45) is 5.41 Å². The van der Waals surface area contributed by atoms with Crippen molar-refractivity contribution in [1.82, 2.24) is 15.0 Å². The number of hydrogen-bond acceptors (Lipinski definition) is 4. The van der Waals surface area contributed by atoms with Gasteiger partial charge in [-0.2, -0.15) is 0 Å². The Morgan fingerprint density at radius 2 is 1.46 bits per heavy atom. The number of rotatable bonds is 4. The summed E-state index contributed by atoms with van der Waals surface area (Å²) in [5.74, 6) is 0. The van der Waals surface area contributed by atoms with E-state index in [9.17, 15) is 5.11 Å². The zero-order valence-electron chi connectivity index (χ0n) is 15.4. The van der Waals surface area contributed by atoms with Crippen molar-refractivity contribution < 1.29 is 26.3 Å². The second kappa shape index (κ2) is 7.40. The monoisotopic (exact) mass is 460 g/mol. The molecule has 4 nitrogen and oxygen atoms in total. The minimum absolute atomic E-state index is 0.105. The van der Waals surface area contributed by atoms with Gasteiger partial charge in [0.1, 0.15) is 6.33 Å². The van der Waals surface area contributed by atoms with Gasteiger partial charge in [0.25, 0.3) is 0 Å². The van der Waals surface area contributed by atoms with Crippen molar-refractivity contribution >= 4 is 0 Å². The van der Waals surface area contributed by atoms with Gasteiger partial charge in [-0.15, -0.1) is 0 Å². The van der Waals surface area contributed by atoms with Gasteiger partial charge in [-0.25, -0.2) is 0 Å². The molecule has 1 aromatic carbocycles. The van der Waals surface area contributed by atoms with Gasteiger partial charge < -0.3 is 0 Å². The molecule has 3 rings (SSSR count). The predicted molar refractivity (Wildman–Crippen MR) is 98.8 cm³/mol. The molecule has 0 aliphatic heterocycles. The Balaban J connectivity index is 2.01. The SMILES string of the molecule is C[I-]c1ccc(-c2ccc(C(O)(c3cncnc3)C(C)(C)C)nc2)cc1. The molecule has 0 amide bonds. The Kier molecular flexibility index (Phi) is 5.39. The maximum absolute atomic E-state index is 11.6. The Morgan fingerprint density at radius 3 is 1.96 bits per heavy atom. The van der Waals surface area contributed by atoms with E-state index in [0.29, 0.717) is 11.3 Å². The molecule has 1 unspecified atom stereocenters. The van der Waals surface area contributed by atoms with Gasteiger partial charge in [-0.1, -0.05) is 0 Å². The van der Waals surface area contributed by atoms with Gasteiger partial charge in [0.15, 0.2) is 0 Å². The van der Waals surface area contributed by atoms with Crippen LogP contribution in [0.15, 0.2) is 61.3 Å². The fourth-order valence-electron chi connectivity index (χ4n) is 3.00. The number of hydrogen-bond donors (Lipinski definition) is 1. The van der Waals surface area contributed by atoms with E-state index < -0.39 is 11.0 Å². The summed E-state index contributed by atoms with van der Waals surface area (Å²) in [5.41, 5.74) is 1.66. The summed E-state index contributed by atoms with van der Waals surface area (Å²) in [6.45, 7) is 5.96. The van der Waals surface area contributed by atoms with Crippen LogP contribution in [0.5, 0.6) is 0 Å². The van der Waals surface area contributed by atoms with Gasteiger partial charge in [-0.3, -0.25) is 0 Å². The molecule has 0 spiro atoms. The van der Waals surface area contributed by atoms with E-state index in [-0.39, 0.29) is 21.2 Å². The molecule has 0 bridgehead atoms. The van der Waals surface area contributed by atoms with Crippen LogP contribution >= 0.6 is 0 Å². The van der Waals surface area contributed by atoms with E-state index in [1.165, 1.54) is 9.90 Å². The summed E-state index contributed by atoms with van der Waals surface area (Å²) in [7, 11) is 0. The summed E-state index contributed by atoms with van der Waals surface area (Å²) >= 11 is 0.105. The summed E-state index contributed by atoms with van der Waals surface area (Å²) in [5, 5.41) is 11.6. The number of alkyl halides is 1. The number of benzene rings is 1. The van der Waals surface area contributed by atoms with Crippen LogP contribution in [0.25, 0.3) is 11.1 Å². The first-order valence-corrected chi connectivity index (χ1v) is 11.6. The molecule has 0 aliphatic carbocycles. The van der Waals surface area contributed by atoms with Crippen LogP contribution < -0.4 is 21.2 Å². The summed E-state index contributed by atoms with van der Waals surface area (Å²) in [4.78, 5) is 15.0. The van der Waals surface area contributed by atoms with Crippen molar-refractivity contribution in [2.45, 2.75) is 26.4 Å². The van der Waals surface area contributed by atoms with E-state index in [4.69, 9.17) is 0 Å². The van der Waals surface area contributed by atoms with E-state index in [1.54, 1.807) is 12.4 Å². The molecule has 1 atom stereocenters. The number of aliphatic hydroxyl groups is 1. The fourth-order valence-corrected chi connectivity index (χ4v) is 4.08. The first-order chi connectivity index (χ1) is 12.4. The molecule has 26 heavy (non-hydrogen) atoms. The molecule has 5 heteroatoms. The average molecular weight is 460 g/mol. The van der Waals surface area contributed by atoms with Gasteiger partial charge in [0.2, 0.25) is 0 Å². The molecule has 2 heterocycles. The molecule has 1 N–H and O–H groups in total. The molecule has 0 fully saturated rings. The van der Waals surface area contributed by atoms with E-state index in [2.05, 4.69) is 44.1 Å². The summed E-state index contributed by atoms with van der Waals surface area (Å²) in [6, 6.07) is 12.5. The number of nitrogens with zero attached hydrogens (tertiary/aromatic N) is 3.